The first-order valence-corrected chi connectivity index (χ1v) is 4.09. The Hall–Kier alpha value is -0.340. The van der Waals surface area contributed by atoms with Gasteiger partial charge in [0.1, 0.15) is 0 Å². The van der Waals surface area contributed by atoms with Crippen molar-refractivity contribution in [2.45, 2.75) is 32.3 Å². The Bertz CT molecular complexity index is 97.7. The van der Waals surface area contributed by atoms with Crippen molar-refractivity contribution in [3.05, 3.63) is 12.2 Å². The van der Waals surface area contributed by atoms with Gasteiger partial charge in [-0.05, 0) is 26.2 Å². The van der Waals surface area contributed by atoms with Gasteiger partial charge in [0.15, 0.2) is 0 Å². The number of hydrogen-bond donors (Lipinski definition) is 1. The van der Waals surface area contributed by atoms with E-state index in [1.54, 1.807) is 7.11 Å². The minimum atomic E-state index is -0.161. The quantitative estimate of drug-likeness (QED) is 0.471. The molecule has 0 rings (SSSR count). The fourth-order valence-corrected chi connectivity index (χ4v) is 0.813. The van der Waals surface area contributed by atoms with Crippen LogP contribution in [0.15, 0.2) is 12.2 Å². The van der Waals surface area contributed by atoms with E-state index >= 15 is 0 Å². The largest absolute Gasteiger partial charge is 0.393 e. The number of ether oxygens (including phenoxy) is 1. The Morgan fingerprint density at radius 1 is 1.45 bits per heavy atom. The van der Waals surface area contributed by atoms with Gasteiger partial charge in [-0.25, -0.2) is 0 Å². The predicted molar refractivity (Wildman–Crippen MR) is 46.5 cm³/mol. The molecule has 0 saturated carbocycles. The predicted octanol–water partition coefficient (Wildman–Crippen LogP) is 1.74. The summed E-state index contributed by atoms with van der Waals surface area (Å²) in [6.07, 6.45) is 6.91. The summed E-state index contributed by atoms with van der Waals surface area (Å²) in [6.45, 7) is 2.51. The molecule has 2 heteroatoms. The van der Waals surface area contributed by atoms with Gasteiger partial charge in [0, 0.05) is 7.11 Å². The topological polar surface area (TPSA) is 29.5 Å². The van der Waals surface area contributed by atoms with Gasteiger partial charge in [0.05, 0.1) is 12.7 Å². The lowest BCUT2D eigenvalue weighted by atomic mass is 10.2. The Kier molecular flexibility index (Phi) is 7.52. The first kappa shape index (κ1) is 10.7. The molecule has 0 heterocycles. The third-order valence-corrected chi connectivity index (χ3v) is 1.42. The second-order valence-corrected chi connectivity index (χ2v) is 2.71. The maximum absolute atomic E-state index is 8.91. The van der Waals surface area contributed by atoms with Gasteiger partial charge in [0.25, 0.3) is 0 Å². The van der Waals surface area contributed by atoms with Crippen molar-refractivity contribution in [1.29, 1.82) is 0 Å². The highest BCUT2D eigenvalue weighted by Gasteiger charge is 1.91. The molecule has 0 fully saturated rings. The van der Waals surface area contributed by atoms with Crippen molar-refractivity contribution in [2.75, 3.05) is 13.7 Å². The van der Waals surface area contributed by atoms with E-state index in [1.807, 2.05) is 13.0 Å². The van der Waals surface area contributed by atoms with Crippen LogP contribution in [0.3, 0.4) is 0 Å². The van der Waals surface area contributed by atoms with E-state index in [4.69, 9.17) is 9.84 Å². The summed E-state index contributed by atoms with van der Waals surface area (Å²) < 4.78 is 4.83. The highest BCUT2D eigenvalue weighted by atomic mass is 16.5. The Labute approximate surface area is 68.9 Å². The molecule has 11 heavy (non-hydrogen) atoms. The van der Waals surface area contributed by atoms with Crippen LogP contribution >= 0.6 is 0 Å². The standard InChI is InChI=1S/C9H18O2/c1-9(10)7-5-3-4-6-8-11-2/h4,6,9-10H,3,5,7-8H2,1-2H3. The maximum atomic E-state index is 8.91. The van der Waals surface area contributed by atoms with Gasteiger partial charge in [-0.1, -0.05) is 12.2 Å². The molecule has 0 radical (unpaired) electrons. The minimum absolute atomic E-state index is 0.161. The molecule has 0 aromatic heterocycles. The van der Waals surface area contributed by atoms with Gasteiger partial charge in [-0.2, -0.15) is 0 Å². The number of allylic oxidation sites excluding steroid dienone is 1. The Morgan fingerprint density at radius 2 is 2.18 bits per heavy atom. The molecule has 0 aliphatic rings. The van der Waals surface area contributed by atoms with Crippen LogP contribution in [0, 0.1) is 0 Å². The lowest BCUT2D eigenvalue weighted by molar-refractivity contribution is 0.182. The van der Waals surface area contributed by atoms with E-state index in [2.05, 4.69) is 6.08 Å². The molecule has 0 spiro atoms. The molecule has 0 saturated heterocycles. The molecule has 1 unspecified atom stereocenters. The molecule has 0 aromatic carbocycles. The van der Waals surface area contributed by atoms with Crippen LogP contribution in [0.2, 0.25) is 0 Å². The zero-order valence-electron chi connectivity index (χ0n) is 7.42. The molecular weight excluding hydrogens is 140 g/mol. The van der Waals surface area contributed by atoms with Crippen LogP contribution in [0.25, 0.3) is 0 Å². The average molecular weight is 158 g/mol. The highest BCUT2D eigenvalue weighted by molar-refractivity contribution is 4.81. The third-order valence-electron chi connectivity index (χ3n) is 1.42. The van der Waals surface area contributed by atoms with Crippen molar-refractivity contribution in [3.8, 4) is 0 Å². The van der Waals surface area contributed by atoms with Crippen LogP contribution in [-0.4, -0.2) is 24.9 Å². The number of aliphatic hydroxyl groups is 1. The van der Waals surface area contributed by atoms with Crippen molar-refractivity contribution in [3.63, 3.8) is 0 Å². The second-order valence-electron chi connectivity index (χ2n) is 2.71. The highest BCUT2D eigenvalue weighted by Crippen LogP contribution is 2.00. The molecule has 1 atom stereocenters. The summed E-state index contributed by atoms with van der Waals surface area (Å²) in [4.78, 5) is 0. The van der Waals surface area contributed by atoms with Gasteiger partial charge < -0.3 is 9.84 Å². The summed E-state index contributed by atoms with van der Waals surface area (Å²) >= 11 is 0. The van der Waals surface area contributed by atoms with Crippen molar-refractivity contribution < 1.29 is 9.84 Å². The Balaban J connectivity index is 3.01. The van der Waals surface area contributed by atoms with E-state index in [0.29, 0.717) is 6.61 Å². The summed E-state index contributed by atoms with van der Waals surface area (Å²) in [5.41, 5.74) is 0. The maximum Gasteiger partial charge on any atom is 0.0643 e. The molecule has 0 aliphatic heterocycles. The van der Waals surface area contributed by atoms with Crippen molar-refractivity contribution in [1.82, 2.24) is 0 Å². The van der Waals surface area contributed by atoms with Crippen LogP contribution in [0.5, 0.6) is 0 Å². The van der Waals surface area contributed by atoms with Crippen molar-refractivity contribution >= 4 is 0 Å². The normalized spacial score (nSPS) is 14.1. The van der Waals surface area contributed by atoms with Crippen LogP contribution in [-0.2, 0) is 4.74 Å². The van der Waals surface area contributed by atoms with Gasteiger partial charge in [-0.3, -0.25) is 0 Å². The molecule has 66 valence electrons. The first-order valence-electron chi connectivity index (χ1n) is 4.09. The molecule has 1 N–H and O–H groups in total. The van der Waals surface area contributed by atoms with E-state index in [0.717, 1.165) is 19.3 Å². The molecule has 2 nitrogen and oxygen atoms in total. The molecule has 0 bridgehead atoms. The van der Waals surface area contributed by atoms with Gasteiger partial charge in [-0.15, -0.1) is 0 Å². The summed E-state index contributed by atoms with van der Waals surface area (Å²) in [7, 11) is 1.68. The molecule has 0 aromatic rings. The van der Waals surface area contributed by atoms with Crippen molar-refractivity contribution in [2.24, 2.45) is 0 Å². The lowest BCUT2D eigenvalue weighted by Gasteiger charge is -1.99. The van der Waals surface area contributed by atoms with E-state index in [-0.39, 0.29) is 6.10 Å². The number of rotatable bonds is 6. The SMILES string of the molecule is COCC=CCCCC(C)O. The van der Waals surface area contributed by atoms with Crippen LogP contribution in [0.1, 0.15) is 26.2 Å². The van der Waals surface area contributed by atoms with Crippen LogP contribution < -0.4 is 0 Å². The number of methoxy groups -OCH3 is 1. The fraction of sp³-hybridized carbons (Fsp3) is 0.778. The lowest BCUT2D eigenvalue weighted by Crippen LogP contribution is -1.97. The number of hydrogen-bond acceptors (Lipinski definition) is 2. The number of aliphatic hydroxyl groups excluding tert-OH is 1. The Morgan fingerprint density at radius 3 is 2.73 bits per heavy atom. The molecule has 0 aliphatic carbocycles. The molecule has 0 amide bonds. The average Bonchev–Trinajstić information content (AvgIpc) is 1.96. The third kappa shape index (κ3) is 9.66. The zero-order chi connectivity index (χ0) is 8.53. The zero-order valence-corrected chi connectivity index (χ0v) is 7.42. The van der Waals surface area contributed by atoms with Crippen LogP contribution in [0.4, 0.5) is 0 Å². The fourth-order valence-electron chi connectivity index (χ4n) is 0.813. The minimum Gasteiger partial charge on any atom is -0.393 e. The summed E-state index contributed by atoms with van der Waals surface area (Å²) in [5.74, 6) is 0. The van der Waals surface area contributed by atoms with E-state index in [1.165, 1.54) is 0 Å². The monoisotopic (exact) mass is 158 g/mol. The second kappa shape index (κ2) is 7.76. The summed E-state index contributed by atoms with van der Waals surface area (Å²) in [5, 5.41) is 8.91. The van der Waals surface area contributed by atoms with E-state index in [9.17, 15) is 0 Å². The smallest absolute Gasteiger partial charge is 0.0643 e. The number of unbranched alkanes of at least 4 members (excludes halogenated alkanes) is 1. The first-order chi connectivity index (χ1) is 5.27. The van der Waals surface area contributed by atoms with Gasteiger partial charge >= 0.3 is 0 Å². The van der Waals surface area contributed by atoms with Gasteiger partial charge in [0.2, 0.25) is 0 Å². The molecular formula is C9H18O2. The van der Waals surface area contributed by atoms with E-state index < -0.39 is 0 Å². The summed E-state index contributed by atoms with van der Waals surface area (Å²) in [6, 6.07) is 0.